The molecular formula is C13H11F9O. The van der Waals surface area contributed by atoms with E-state index in [-0.39, 0.29) is 11.3 Å². The number of benzene rings is 1. The van der Waals surface area contributed by atoms with Crippen LogP contribution in [0.4, 0.5) is 39.5 Å². The zero-order valence-corrected chi connectivity index (χ0v) is 11.4. The van der Waals surface area contributed by atoms with E-state index in [1.54, 1.807) is 0 Å². The Bertz CT molecular complexity index is 533. The van der Waals surface area contributed by atoms with Gasteiger partial charge in [0.25, 0.3) is 0 Å². The third-order valence-electron chi connectivity index (χ3n) is 3.23. The molecule has 1 nitrogen and oxygen atoms in total. The number of aromatic hydroxyl groups is 1. The zero-order valence-electron chi connectivity index (χ0n) is 11.4. The number of hydrogen-bond donors (Lipinski definition) is 1. The van der Waals surface area contributed by atoms with Gasteiger partial charge in [0.1, 0.15) is 5.75 Å². The van der Waals surface area contributed by atoms with Crippen LogP contribution in [0.3, 0.4) is 0 Å². The summed E-state index contributed by atoms with van der Waals surface area (Å²) in [6, 6.07) is 4.20. The van der Waals surface area contributed by atoms with Gasteiger partial charge in [0.05, 0.1) is 0 Å². The molecule has 0 radical (unpaired) electrons. The molecule has 0 bridgehead atoms. The number of rotatable bonds is 5. The Morgan fingerprint density at radius 3 is 1.65 bits per heavy atom. The molecule has 0 fully saturated rings. The van der Waals surface area contributed by atoms with Crippen molar-refractivity contribution < 1.29 is 44.6 Å². The molecule has 1 unspecified atom stereocenters. The van der Waals surface area contributed by atoms with Gasteiger partial charge in [-0.1, -0.05) is 19.1 Å². The van der Waals surface area contributed by atoms with Gasteiger partial charge in [-0.15, -0.1) is 0 Å². The Morgan fingerprint density at radius 1 is 0.826 bits per heavy atom. The van der Waals surface area contributed by atoms with E-state index in [2.05, 4.69) is 0 Å². The Kier molecular flexibility index (Phi) is 4.89. The number of hydrogen-bond acceptors (Lipinski definition) is 1. The Hall–Kier alpha value is -1.61. The molecule has 132 valence electrons. The smallest absolute Gasteiger partial charge is 0.460 e. The molecule has 0 aliphatic rings. The molecule has 1 N–H and O–H groups in total. The van der Waals surface area contributed by atoms with E-state index in [9.17, 15) is 39.5 Å². The highest BCUT2D eigenvalue weighted by atomic mass is 19.4. The summed E-state index contributed by atoms with van der Waals surface area (Å²) in [7, 11) is 0. The summed E-state index contributed by atoms with van der Waals surface area (Å²) in [5, 5.41) is 9.00. The molecule has 0 saturated carbocycles. The van der Waals surface area contributed by atoms with E-state index in [0.717, 1.165) is 31.2 Å². The zero-order chi connectivity index (χ0) is 18.3. The molecular weight excluding hydrogens is 343 g/mol. The van der Waals surface area contributed by atoms with E-state index < -0.39 is 36.3 Å². The van der Waals surface area contributed by atoms with Crippen LogP contribution >= 0.6 is 0 Å². The molecule has 10 heteroatoms. The summed E-state index contributed by atoms with van der Waals surface area (Å²) in [6.45, 7) is 0.960. The van der Waals surface area contributed by atoms with Crippen molar-refractivity contribution in [2.45, 2.75) is 43.2 Å². The van der Waals surface area contributed by atoms with Gasteiger partial charge < -0.3 is 5.11 Å². The lowest BCUT2D eigenvalue weighted by molar-refractivity contribution is -0.397. The van der Waals surface area contributed by atoms with Crippen molar-refractivity contribution in [1.82, 2.24) is 0 Å². The minimum absolute atomic E-state index is 0.0337. The molecule has 23 heavy (non-hydrogen) atoms. The average Bonchev–Trinajstić information content (AvgIpc) is 2.37. The molecule has 0 aromatic heterocycles. The van der Waals surface area contributed by atoms with Crippen LogP contribution in [-0.4, -0.2) is 29.1 Å². The first kappa shape index (κ1) is 19.4. The second-order valence-corrected chi connectivity index (χ2v) is 5.05. The monoisotopic (exact) mass is 354 g/mol. The molecule has 0 heterocycles. The lowest BCUT2D eigenvalue weighted by Gasteiger charge is -2.34. The lowest BCUT2D eigenvalue weighted by atomic mass is 9.90. The van der Waals surface area contributed by atoms with Gasteiger partial charge in [-0.3, -0.25) is 0 Å². The highest BCUT2D eigenvalue weighted by Gasteiger charge is 2.81. The van der Waals surface area contributed by atoms with Gasteiger partial charge in [-0.25, -0.2) is 0 Å². The van der Waals surface area contributed by atoms with Gasteiger partial charge in [0.2, 0.25) is 0 Å². The second-order valence-electron chi connectivity index (χ2n) is 5.05. The fourth-order valence-corrected chi connectivity index (χ4v) is 1.84. The first-order chi connectivity index (χ1) is 10.1. The minimum Gasteiger partial charge on any atom is -0.508 e. The quantitative estimate of drug-likeness (QED) is 0.707. The van der Waals surface area contributed by atoms with Gasteiger partial charge in [-0.05, 0) is 23.6 Å². The topological polar surface area (TPSA) is 20.2 Å². The van der Waals surface area contributed by atoms with Crippen LogP contribution in [0.25, 0.3) is 0 Å². The van der Waals surface area contributed by atoms with Crippen molar-refractivity contribution in [1.29, 1.82) is 0 Å². The second kappa shape index (κ2) is 5.79. The molecule has 0 aliphatic heterocycles. The first-order valence-electron chi connectivity index (χ1n) is 6.12. The third-order valence-corrected chi connectivity index (χ3v) is 3.23. The Balaban J connectivity index is 3.07. The molecule has 1 aromatic rings. The van der Waals surface area contributed by atoms with Crippen molar-refractivity contribution >= 4 is 0 Å². The van der Waals surface area contributed by atoms with E-state index in [4.69, 9.17) is 5.11 Å². The van der Waals surface area contributed by atoms with Gasteiger partial charge >= 0.3 is 23.9 Å². The summed E-state index contributed by atoms with van der Waals surface area (Å²) in [5.74, 6) is -20.8. The number of halogens is 9. The normalized spacial score (nSPS) is 15.6. The molecule has 0 aliphatic carbocycles. The van der Waals surface area contributed by atoms with Gasteiger partial charge in [-0.2, -0.15) is 39.5 Å². The third kappa shape index (κ3) is 3.50. The maximum atomic E-state index is 13.5. The summed E-state index contributed by atoms with van der Waals surface area (Å²) in [5.41, 5.74) is -0.0337. The van der Waals surface area contributed by atoms with Crippen LogP contribution in [-0.2, 0) is 0 Å². The van der Waals surface area contributed by atoms with Crippen LogP contribution in [0.1, 0.15) is 24.8 Å². The van der Waals surface area contributed by atoms with Crippen molar-refractivity contribution in [2.24, 2.45) is 0 Å². The van der Waals surface area contributed by atoms with Crippen molar-refractivity contribution in [3.05, 3.63) is 29.8 Å². The van der Waals surface area contributed by atoms with Crippen molar-refractivity contribution in [2.75, 3.05) is 0 Å². The predicted molar refractivity (Wildman–Crippen MR) is 62.0 cm³/mol. The van der Waals surface area contributed by atoms with E-state index >= 15 is 0 Å². The largest absolute Gasteiger partial charge is 0.508 e. The van der Waals surface area contributed by atoms with E-state index in [0.29, 0.717) is 0 Å². The summed E-state index contributed by atoms with van der Waals surface area (Å²) in [6.07, 6.45) is -8.75. The van der Waals surface area contributed by atoms with Crippen molar-refractivity contribution in [3.8, 4) is 5.75 Å². The molecule has 1 aromatic carbocycles. The SMILES string of the molecule is CC(CC(F)(F)C(F)(F)C(F)(F)C(F)(F)F)c1ccc(O)cc1. The van der Waals surface area contributed by atoms with Crippen LogP contribution < -0.4 is 0 Å². The highest BCUT2D eigenvalue weighted by molar-refractivity contribution is 5.28. The van der Waals surface area contributed by atoms with Crippen LogP contribution in [0, 0.1) is 0 Å². The molecule has 0 spiro atoms. The Labute approximate surface area is 124 Å². The Morgan fingerprint density at radius 2 is 1.26 bits per heavy atom. The maximum absolute atomic E-state index is 13.5. The maximum Gasteiger partial charge on any atom is 0.460 e. The van der Waals surface area contributed by atoms with Crippen LogP contribution in [0.5, 0.6) is 5.75 Å². The molecule has 1 atom stereocenters. The van der Waals surface area contributed by atoms with Crippen LogP contribution in [0.15, 0.2) is 24.3 Å². The number of phenolic OH excluding ortho intramolecular Hbond substituents is 1. The van der Waals surface area contributed by atoms with Crippen molar-refractivity contribution in [3.63, 3.8) is 0 Å². The lowest BCUT2D eigenvalue weighted by Crippen LogP contribution is -2.61. The fourth-order valence-electron chi connectivity index (χ4n) is 1.84. The fraction of sp³-hybridized carbons (Fsp3) is 0.538. The van der Waals surface area contributed by atoms with E-state index in [1.807, 2.05) is 0 Å². The molecule has 0 amide bonds. The predicted octanol–water partition coefficient (Wildman–Crippen LogP) is 5.35. The number of alkyl halides is 9. The van der Waals surface area contributed by atoms with Gasteiger partial charge in [0, 0.05) is 6.42 Å². The molecule has 0 saturated heterocycles. The minimum atomic E-state index is -6.88. The average molecular weight is 354 g/mol. The summed E-state index contributed by atoms with van der Waals surface area (Å²) < 4.78 is 115. The van der Waals surface area contributed by atoms with Gasteiger partial charge in [0.15, 0.2) is 0 Å². The van der Waals surface area contributed by atoms with E-state index in [1.165, 1.54) is 0 Å². The first-order valence-corrected chi connectivity index (χ1v) is 6.12. The van der Waals surface area contributed by atoms with Crippen LogP contribution in [0.2, 0.25) is 0 Å². The summed E-state index contributed by atoms with van der Waals surface area (Å²) in [4.78, 5) is 0. The highest BCUT2D eigenvalue weighted by Crippen LogP contribution is 2.55. The number of phenols is 1. The standard InChI is InChI=1S/C13H11F9O/c1-7(8-2-4-9(23)5-3-8)6-10(14,15)11(16,17)12(18,19)13(20,21)22/h2-5,7,23H,6H2,1H3. The molecule has 1 rings (SSSR count). The summed E-state index contributed by atoms with van der Waals surface area (Å²) >= 11 is 0.